The minimum atomic E-state index is -1.52. The summed E-state index contributed by atoms with van der Waals surface area (Å²) >= 11 is 0. The molecule has 50 heavy (non-hydrogen) atoms. The number of fused-ring (bicyclic) bond motifs is 5. The Kier molecular flexibility index (Phi) is 9.80. The van der Waals surface area contributed by atoms with E-state index >= 15 is 0 Å². The predicted octanol–water partition coefficient (Wildman–Crippen LogP) is -1.24. The molecule has 2 aliphatic carbocycles. The summed E-state index contributed by atoms with van der Waals surface area (Å²) in [5.41, 5.74) is 4.94. The lowest BCUT2D eigenvalue weighted by Crippen LogP contribution is -2.58. The zero-order valence-electron chi connectivity index (χ0n) is 27.4. The van der Waals surface area contributed by atoms with Crippen LogP contribution in [0.2, 0.25) is 0 Å². The van der Waals surface area contributed by atoms with E-state index in [1.807, 2.05) is 41.3 Å². The highest BCUT2D eigenvalue weighted by molar-refractivity contribution is 5.84. The number of amides is 1. The lowest BCUT2D eigenvalue weighted by atomic mass is 9.70. The first-order valence-corrected chi connectivity index (χ1v) is 17.3. The van der Waals surface area contributed by atoms with Crippen molar-refractivity contribution in [1.82, 2.24) is 4.90 Å². The first kappa shape index (κ1) is 35.1. The average molecular weight is 690 g/mol. The number of piperidine rings is 1. The van der Waals surface area contributed by atoms with Crippen LogP contribution in [0.3, 0.4) is 0 Å². The molecule has 0 aromatic heterocycles. The maximum atomic E-state index is 13.2. The van der Waals surface area contributed by atoms with E-state index in [2.05, 4.69) is 23.7 Å². The van der Waals surface area contributed by atoms with Crippen molar-refractivity contribution in [3.05, 3.63) is 58.7 Å². The van der Waals surface area contributed by atoms with E-state index in [0.717, 1.165) is 41.5 Å². The van der Waals surface area contributed by atoms with E-state index in [1.54, 1.807) is 0 Å². The van der Waals surface area contributed by atoms with Crippen molar-refractivity contribution in [2.24, 2.45) is 5.92 Å². The van der Waals surface area contributed by atoms with Crippen molar-refractivity contribution in [3.63, 3.8) is 0 Å². The molecule has 0 bridgehead atoms. The Hall–Kier alpha value is -3.37. The number of nitrogens with zero attached hydrogens (tertiary/aromatic N) is 1. The third-order valence-corrected chi connectivity index (χ3v) is 11.2. The van der Waals surface area contributed by atoms with Gasteiger partial charge in [0.1, 0.15) is 61.0 Å². The van der Waals surface area contributed by atoms with E-state index in [4.69, 9.17) is 9.47 Å². The Balaban J connectivity index is 1.21. The topological polar surface area (TPSA) is 201 Å². The highest BCUT2D eigenvalue weighted by atomic mass is 16.5. The molecule has 12 nitrogen and oxygen atoms in total. The van der Waals surface area contributed by atoms with Crippen LogP contribution in [0.4, 0.5) is 0 Å². The lowest BCUT2D eigenvalue weighted by molar-refractivity contribution is -0.214. The van der Waals surface area contributed by atoms with Crippen molar-refractivity contribution < 1.29 is 55.1 Å². The maximum absolute atomic E-state index is 13.2. The summed E-state index contributed by atoms with van der Waals surface area (Å²) < 4.78 is 11.2. The summed E-state index contributed by atoms with van der Waals surface area (Å²) in [5, 5.41) is 80.9. The van der Waals surface area contributed by atoms with Crippen LogP contribution in [0.1, 0.15) is 54.4 Å². The number of hydrogen-bond acceptors (Lipinski definition) is 11. The fraction of sp³-hybridized carbons (Fsp3) is 0.553. The standard InChI is InChI=1S/C38H43NO11/c40-18-29-33(44)35(46)31(42)27(49-29)10-6-20-4-8-23-24-9-5-21(7-11-28-32(43)36(47)34(45)30(19-41)50-28)17-26(24)38(25(23)16-20)12-14-39(15-13-38)37(48)22-2-1-3-22/h4-5,8-9,16-17,22,27-36,40-47H,1-3,12-15,18-19H2/t27-,28-,29-,30-,31-,32-,33-,34-,35-,36-/m1/s1. The van der Waals surface area contributed by atoms with Crippen LogP contribution in [-0.2, 0) is 19.7 Å². The maximum Gasteiger partial charge on any atom is 0.225 e. The molecule has 7 rings (SSSR count). The first-order chi connectivity index (χ1) is 24.1. The summed E-state index contributed by atoms with van der Waals surface area (Å²) in [6.07, 6.45) is -9.04. The summed E-state index contributed by atoms with van der Waals surface area (Å²) in [5.74, 6) is 12.2. The Morgan fingerprint density at radius 1 is 0.700 bits per heavy atom. The van der Waals surface area contributed by atoms with Gasteiger partial charge >= 0.3 is 0 Å². The monoisotopic (exact) mass is 689 g/mol. The molecular formula is C38H43NO11. The second kappa shape index (κ2) is 14.0. The molecule has 4 fully saturated rings. The van der Waals surface area contributed by atoms with Crippen LogP contribution in [0.25, 0.3) is 11.1 Å². The third-order valence-electron chi connectivity index (χ3n) is 11.2. The molecule has 1 amide bonds. The smallest absolute Gasteiger partial charge is 0.225 e. The number of aliphatic hydroxyl groups is 8. The van der Waals surface area contributed by atoms with E-state index in [1.165, 1.54) is 0 Å². The Morgan fingerprint density at radius 2 is 1.16 bits per heavy atom. The number of benzene rings is 2. The van der Waals surface area contributed by atoms with Crippen LogP contribution in [-0.4, -0.2) is 139 Å². The number of carbonyl (C=O) groups excluding carboxylic acids is 1. The van der Waals surface area contributed by atoms with Gasteiger partial charge in [-0.05, 0) is 72.2 Å². The van der Waals surface area contributed by atoms with Gasteiger partial charge in [0.05, 0.1) is 13.2 Å². The van der Waals surface area contributed by atoms with Gasteiger partial charge in [-0.3, -0.25) is 4.79 Å². The number of carbonyl (C=O) groups is 1. The number of likely N-dealkylation sites (tertiary alicyclic amines) is 1. The van der Waals surface area contributed by atoms with E-state index in [0.29, 0.717) is 37.1 Å². The molecule has 0 unspecified atom stereocenters. The van der Waals surface area contributed by atoms with Gasteiger partial charge in [0.25, 0.3) is 0 Å². The second-order valence-corrected chi connectivity index (χ2v) is 14.1. The number of hydrogen-bond donors (Lipinski definition) is 8. The minimum Gasteiger partial charge on any atom is -0.394 e. The third kappa shape index (κ3) is 6.04. The fourth-order valence-corrected chi connectivity index (χ4v) is 7.96. The van der Waals surface area contributed by atoms with Gasteiger partial charge in [0.15, 0.2) is 0 Å². The van der Waals surface area contributed by atoms with Gasteiger partial charge in [-0.2, -0.15) is 0 Å². The van der Waals surface area contributed by atoms with Crippen LogP contribution in [0, 0.1) is 29.6 Å². The molecule has 3 heterocycles. The predicted molar refractivity (Wildman–Crippen MR) is 177 cm³/mol. The Labute approximate surface area is 289 Å². The van der Waals surface area contributed by atoms with Crippen LogP contribution in [0.15, 0.2) is 36.4 Å². The minimum absolute atomic E-state index is 0.0980. The van der Waals surface area contributed by atoms with Crippen LogP contribution in [0.5, 0.6) is 0 Å². The fourth-order valence-electron chi connectivity index (χ4n) is 7.96. The summed E-state index contributed by atoms with van der Waals surface area (Å²) in [7, 11) is 0. The SMILES string of the molecule is O=C(C1CCC1)N1CCC2(CC1)c1cc(C#C[C@H]3O[C@H](CO)[C@@H](O)[C@H](O)[C@@H]3O)ccc1-c1ccc(C#C[C@H]3O[C@H](CO)[C@@H](O)[C@H](O)[C@@H]3O)cc12. The van der Waals surface area contributed by atoms with Gasteiger partial charge < -0.3 is 55.2 Å². The van der Waals surface area contributed by atoms with E-state index in [-0.39, 0.29) is 11.8 Å². The molecule has 10 atom stereocenters. The van der Waals surface area contributed by atoms with Gasteiger partial charge in [-0.15, -0.1) is 0 Å². The molecule has 12 heteroatoms. The van der Waals surface area contributed by atoms with Gasteiger partial charge in [-0.1, -0.05) is 42.2 Å². The van der Waals surface area contributed by atoms with Crippen molar-refractivity contribution in [3.8, 4) is 34.8 Å². The highest BCUT2D eigenvalue weighted by Crippen LogP contribution is 2.54. The highest BCUT2D eigenvalue weighted by Gasteiger charge is 2.47. The largest absolute Gasteiger partial charge is 0.394 e. The molecule has 266 valence electrons. The average Bonchev–Trinajstić information content (AvgIpc) is 3.36. The van der Waals surface area contributed by atoms with Crippen molar-refractivity contribution >= 4 is 5.91 Å². The van der Waals surface area contributed by atoms with Crippen molar-refractivity contribution in [1.29, 1.82) is 0 Å². The molecule has 0 radical (unpaired) electrons. The van der Waals surface area contributed by atoms with Gasteiger partial charge in [0.2, 0.25) is 5.91 Å². The second-order valence-electron chi connectivity index (χ2n) is 14.1. The number of ether oxygens (including phenoxy) is 2. The lowest BCUT2D eigenvalue weighted by Gasteiger charge is -2.43. The van der Waals surface area contributed by atoms with Gasteiger partial charge in [0, 0.05) is 35.5 Å². The molecule has 2 aromatic carbocycles. The van der Waals surface area contributed by atoms with Crippen LogP contribution >= 0.6 is 0 Å². The van der Waals surface area contributed by atoms with E-state index in [9.17, 15) is 45.6 Å². The molecule has 3 aliphatic heterocycles. The zero-order chi connectivity index (χ0) is 35.3. The molecule has 8 N–H and O–H groups in total. The summed E-state index contributed by atoms with van der Waals surface area (Å²) in [6.45, 7) is 0.0708. The summed E-state index contributed by atoms with van der Waals surface area (Å²) in [6, 6.07) is 11.7. The zero-order valence-corrected chi connectivity index (χ0v) is 27.4. The number of aliphatic hydroxyl groups excluding tert-OH is 8. The van der Waals surface area contributed by atoms with Crippen LogP contribution < -0.4 is 0 Å². The molecule has 5 aliphatic rings. The van der Waals surface area contributed by atoms with E-state index < -0.39 is 79.7 Å². The molecule has 1 spiro atoms. The number of rotatable bonds is 3. The molecule has 3 saturated heterocycles. The Morgan fingerprint density at radius 3 is 1.56 bits per heavy atom. The molecule has 1 saturated carbocycles. The normalized spacial score (nSPS) is 34.4. The molecular weight excluding hydrogens is 646 g/mol. The quantitative estimate of drug-likeness (QED) is 0.179. The summed E-state index contributed by atoms with van der Waals surface area (Å²) in [4.78, 5) is 15.2. The Bertz CT molecular complexity index is 1620. The molecule has 2 aromatic rings. The first-order valence-electron chi connectivity index (χ1n) is 17.3. The van der Waals surface area contributed by atoms with Crippen molar-refractivity contribution in [2.45, 2.75) is 98.6 Å². The van der Waals surface area contributed by atoms with Crippen molar-refractivity contribution in [2.75, 3.05) is 26.3 Å². The van der Waals surface area contributed by atoms with Gasteiger partial charge in [-0.25, -0.2) is 0 Å².